The maximum atomic E-state index is 13.2. The summed E-state index contributed by atoms with van der Waals surface area (Å²) in [6.45, 7) is 0. The summed E-state index contributed by atoms with van der Waals surface area (Å²) in [5.41, 5.74) is 6.72. The highest BCUT2D eigenvalue weighted by molar-refractivity contribution is 5.80. The molecule has 2 atom stereocenters. The minimum atomic E-state index is -0.313. The zero-order chi connectivity index (χ0) is 15.6. The number of rotatable bonds is 3. The van der Waals surface area contributed by atoms with Gasteiger partial charge >= 0.3 is 0 Å². The van der Waals surface area contributed by atoms with Crippen LogP contribution in [0.2, 0.25) is 0 Å². The van der Waals surface area contributed by atoms with Gasteiger partial charge in [-0.15, -0.1) is 0 Å². The molecule has 22 heavy (non-hydrogen) atoms. The molecule has 4 heteroatoms. The Labute approximate surface area is 131 Å². The minimum Gasteiger partial charge on any atom is -0.346 e. The number of carbonyl (C=O) groups excluding carboxylic acids is 1. The first kappa shape index (κ1) is 15.5. The molecule has 0 heterocycles. The first-order valence-corrected chi connectivity index (χ1v) is 8.43. The predicted octanol–water partition coefficient (Wildman–Crippen LogP) is 3.23. The quantitative estimate of drug-likeness (QED) is 0.901. The molecule has 1 amide bonds. The summed E-state index contributed by atoms with van der Waals surface area (Å²) in [6.07, 6.45) is 7.83. The van der Waals surface area contributed by atoms with Crippen molar-refractivity contribution >= 4 is 5.91 Å². The molecule has 0 saturated heterocycles. The first-order chi connectivity index (χ1) is 10.6. The van der Waals surface area contributed by atoms with E-state index < -0.39 is 0 Å². The molecule has 0 aliphatic heterocycles. The van der Waals surface area contributed by atoms with Gasteiger partial charge in [0.2, 0.25) is 5.91 Å². The molecule has 1 aromatic rings. The van der Waals surface area contributed by atoms with Crippen LogP contribution in [0.4, 0.5) is 4.39 Å². The van der Waals surface area contributed by atoms with E-state index in [2.05, 4.69) is 5.32 Å². The summed E-state index contributed by atoms with van der Waals surface area (Å²) >= 11 is 0. The lowest BCUT2D eigenvalue weighted by Crippen LogP contribution is -2.48. The maximum absolute atomic E-state index is 13.2. The fourth-order valence-electron chi connectivity index (χ4n) is 4.04. The molecule has 0 spiro atoms. The van der Waals surface area contributed by atoms with Crippen molar-refractivity contribution in [1.29, 1.82) is 0 Å². The molecular weight excluding hydrogens is 279 g/mol. The third kappa shape index (κ3) is 3.17. The molecular formula is C18H25FN2O. The zero-order valence-electron chi connectivity index (χ0n) is 13.0. The van der Waals surface area contributed by atoms with E-state index in [1.807, 2.05) is 12.1 Å². The van der Waals surface area contributed by atoms with Crippen LogP contribution in [-0.4, -0.2) is 11.9 Å². The van der Waals surface area contributed by atoms with Gasteiger partial charge in [0, 0.05) is 12.0 Å². The third-order valence-electron chi connectivity index (χ3n) is 5.30. The van der Waals surface area contributed by atoms with E-state index in [0.29, 0.717) is 0 Å². The normalized spacial score (nSPS) is 27.5. The van der Waals surface area contributed by atoms with Gasteiger partial charge in [-0.3, -0.25) is 4.79 Å². The highest BCUT2D eigenvalue weighted by Gasteiger charge is 2.39. The average molecular weight is 304 g/mol. The summed E-state index contributed by atoms with van der Waals surface area (Å²) < 4.78 is 13.2. The van der Waals surface area contributed by atoms with Crippen LogP contribution in [0.25, 0.3) is 0 Å². The van der Waals surface area contributed by atoms with Crippen molar-refractivity contribution in [2.75, 3.05) is 0 Å². The van der Waals surface area contributed by atoms with E-state index in [4.69, 9.17) is 5.73 Å². The van der Waals surface area contributed by atoms with Gasteiger partial charge in [-0.1, -0.05) is 31.4 Å². The van der Waals surface area contributed by atoms with Crippen molar-refractivity contribution in [2.24, 2.45) is 11.7 Å². The summed E-state index contributed by atoms with van der Waals surface area (Å²) in [6, 6.07) is 6.74. The van der Waals surface area contributed by atoms with Crippen molar-refractivity contribution in [3.8, 4) is 0 Å². The third-order valence-corrected chi connectivity index (χ3v) is 5.30. The monoisotopic (exact) mass is 304 g/mol. The Bertz CT molecular complexity index is 522. The molecule has 1 aromatic carbocycles. The van der Waals surface area contributed by atoms with E-state index in [9.17, 15) is 9.18 Å². The SMILES string of the molecule is NC1CCCC(C(=O)NC2(c3ccc(F)cc3)CCCC2)C1. The van der Waals surface area contributed by atoms with Gasteiger partial charge in [0.25, 0.3) is 0 Å². The van der Waals surface area contributed by atoms with Crippen molar-refractivity contribution in [2.45, 2.75) is 62.9 Å². The van der Waals surface area contributed by atoms with E-state index in [-0.39, 0.29) is 29.2 Å². The van der Waals surface area contributed by atoms with Crippen LogP contribution in [0, 0.1) is 11.7 Å². The topological polar surface area (TPSA) is 55.1 Å². The van der Waals surface area contributed by atoms with Gasteiger partial charge in [-0.2, -0.15) is 0 Å². The number of nitrogens with one attached hydrogen (secondary N) is 1. The number of carbonyl (C=O) groups is 1. The van der Waals surface area contributed by atoms with Crippen LogP contribution in [0.5, 0.6) is 0 Å². The van der Waals surface area contributed by atoms with Crippen LogP contribution in [0.1, 0.15) is 56.9 Å². The maximum Gasteiger partial charge on any atom is 0.223 e. The van der Waals surface area contributed by atoms with Crippen LogP contribution in [-0.2, 0) is 10.3 Å². The number of benzene rings is 1. The summed E-state index contributed by atoms with van der Waals surface area (Å²) in [5.74, 6) is -0.0791. The van der Waals surface area contributed by atoms with Crippen molar-refractivity contribution < 1.29 is 9.18 Å². The first-order valence-electron chi connectivity index (χ1n) is 8.43. The lowest BCUT2D eigenvalue weighted by atomic mass is 9.83. The second kappa shape index (κ2) is 6.37. The predicted molar refractivity (Wildman–Crippen MR) is 84.6 cm³/mol. The van der Waals surface area contributed by atoms with Gasteiger partial charge < -0.3 is 11.1 Å². The number of halogens is 1. The van der Waals surface area contributed by atoms with Gasteiger partial charge in [-0.25, -0.2) is 4.39 Å². The van der Waals surface area contributed by atoms with E-state index in [1.54, 1.807) is 0 Å². The van der Waals surface area contributed by atoms with Gasteiger partial charge in [0.1, 0.15) is 5.82 Å². The molecule has 0 bridgehead atoms. The lowest BCUT2D eigenvalue weighted by Gasteiger charge is -2.34. The molecule has 3 nitrogen and oxygen atoms in total. The highest BCUT2D eigenvalue weighted by Crippen LogP contribution is 2.39. The van der Waals surface area contributed by atoms with Gasteiger partial charge in [0.05, 0.1) is 5.54 Å². The van der Waals surface area contributed by atoms with Crippen LogP contribution in [0.15, 0.2) is 24.3 Å². The molecule has 0 radical (unpaired) electrons. The Morgan fingerprint density at radius 3 is 2.45 bits per heavy atom. The molecule has 2 unspecified atom stereocenters. The molecule has 2 saturated carbocycles. The zero-order valence-corrected chi connectivity index (χ0v) is 13.0. The summed E-state index contributed by atoms with van der Waals surface area (Å²) in [5, 5.41) is 3.30. The van der Waals surface area contributed by atoms with Crippen molar-refractivity contribution in [1.82, 2.24) is 5.32 Å². The van der Waals surface area contributed by atoms with E-state index >= 15 is 0 Å². The molecule has 2 aliphatic carbocycles. The largest absolute Gasteiger partial charge is 0.346 e. The molecule has 3 N–H and O–H groups in total. The summed E-state index contributed by atoms with van der Waals surface area (Å²) in [4.78, 5) is 12.7. The second-order valence-electron chi connectivity index (χ2n) is 6.91. The molecule has 2 aliphatic rings. The van der Waals surface area contributed by atoms with Crippen LogP contribution < -0.4 is 11.1 Å². The van der Waals surface area contributed by atoms with Crippen molar-refractivity contribution in [3.63, 3.8) is 0 Å². The average Bonchev–Trinajstić information content (AvgIpc) is 2.97. The smallest absolute Gasteiger partial charge is 0.223 e. The standard InChI is InChI=1S/C18H25FN2O/c19-15-8-6-14(7-9-15)18(10-1-2-11-18)21-17(22)13-4-3-5-16(20)12-13/h6-9,13,16H,1-5,10-12,20H2,(H,21,22). The minimum absolute atomic E-state index is 0.0293. The van der Waals surface area contributed by atoms with Crippen LogP contribution >= 0.6 is 0 Å². The molecule has 2 fully saturated rings. The Morgan fingerprint density at radius 2 is 1.82 bits per heavy atom. The van der Waals surface area contributed by atoms with Crippen LogP contribution in [0.3, 0.4) is 0 Å². The molecule has 0 aromatic heterocycles. The Morgan fingerprint density at radius 1 is 1.14 bits per heavy atom. The van der Waals surface area contributed by atoms with Gasteiger partial charge in [-0.05, 0) is 49.8 Å². The number of amides is 1. The van der Waals surface area contributed by atoms with Crippen molar-refractivity contribution in [3.05, 3.63) is 35.6 Å². The highest BCUT2D eigenvalue weighted by atomic mass is 19.1. The van der Waals surface area contributed by atoms with Gasteiger partial charge in [0.15, 0.2) is 0 Å². The fourth-order valence-corrected chi connectivity index (χ4v) is 4.04. The fraction of sp³-hybridized carbons (Fsp3) is 0.611. The van der Waals surface area contributed by atoms with E-state index in [1.165, 1.54) is 12.1 Å². The number of hydrogen-bond donors (Lipinski definition) is 2. The lowest BCUT2D eigenvalue weighted by molar-refractivity contribution is -0.128. The number of hydrogen-bond acceptors (Lipinski definition) is 2. The second-order valence-corrected chi connectivity index (χ2v) is 6.91. The Kier molecular flexibility index (Phi) is 4.48. The Hall–Kier alpha value is -1.42. The molecule has 3 rings (SSSR count). The molecule has 120 valence electrons. The number of nitrogens with two attached hydrogens (primary N) is 1. The Balaban J connectivity index is 1.76. The van der Waals surface area contributed by atoms with E-state index in [0.717, 1.165) is 56.9 Å². The summed E-state index contributed by atoms with van der Waals surface area (Å²) in [7, 11) is 0.